The first-order valence-electron chi connectivity index (χ1n) is 6.43. The molecule has 0 saturated heterocycles. The molecule has 2 aromatic carbocycles. The highest BCUT2D eigenvalue weighted by Crippen LogP contribution is 2.31. The van der Waals surface area contributed by atoms with Crippen molar-refractivity contribution in [1.29, 1.82) is 0 Å². The number of hydrogen-bond acceptors (Lipinski definition) is 2. The third-order valence-corrected chi connectivity index (χ3v) is 4.10. The Hall–Kier alpha value is -1.30. The van der Waals surface area contributed by atoms with Crippen LogP contribution < -0.4 is 0 Å². The minimum atomic E-state index is -1.07. The third kappa shape index (κ3) is 3.31. The highest BCUT2D eigenvalue weighted by Gasteiger charge is 2.33. The number of benzene rings is 2. The summed E-state index contributed by atoms with van der Waals surface area (Å²) in [6.45, 7) is -0.758. The van der Waals surface area contributed by atoms with E-state index in [0.717, 1.165) is 10.5 Å². The lowest BCUT2D eigenvalue weighted by atomic mass is 9.76. The predicted octanol–water partition coefficient (Wildman–Crippen LogP) is 3.19. The molecule has 5 heteroatoms. The molecule has 0 bridgehead atoms. The number of hydrogen-bond donors (Lipinski definition) is 2. The molecule has 2 nitrogen and oxygen atoms in total. The van der Waals surface area contributed by atoms with Crippen LogP contribution >= 0.6 is 15.9 Å². The van der Waals surface area contributed by atoms with E-state index < -0.39 is 17.0 Å². The zero-order valence-corrected chi connectivity index (χ0v) is 12.8. The number of rotatable bonds is 5. The molecule has 0 amide bonds. The lowest BCUT2D eigenvalue weighted by molar-refractivity contribution is 0.115. The van der Waals surface area contributed by atoms with Gasteiger partial charge in [0.1, 0.15) is 0 Å². The van der Waals surface area contributed by atoms with Crippen LogP contribution in [0, 0.1) is 11.6 Å². The number of aliphatic hydroxyl groups excluding tert-OH is 2. The highest BCUT2D eigenvalue weighted by atomic mass is 79.9. The zero-order valence-electron chi connectivity index (χ0n) is 11.2. The second-order valence-corrected chi connectivity index (χ2v) is 5.91. The van der Waals surface area contributed by atoms with Gasteiger partial charge >= 0.3 is 0 Å². The molecule has 0 spiro atoms. The summed E-state index contributed by atoms with van der Waals surface area (Å²) in [7, 11) is 0. The van der Waals surface area contributed by atoms with Gasteiger partial charge in [-0.2, -0.15) is 0 Å². The summed E-state index contributed by atoms with van der Waals surface area (Å²) in [5.74, 6) is -1.88. The van der Waals surface area contributed by atoms with Crippen LogP contribution in [0.3, 0.4) is 0 Å². The van der Waals surface area contributed by atoms with Crippen molar-refractivity contribution >= 4 is 15.9 Å². The standard InChI is InChI=1S/C16H15BrF2O2/c17-13-5-2-4-12(7-13)16(9-20,10-21)8-11-3-1-6-14(18)15(11)19/h1-7,20-21H,8-10H2. The third-order valence-electron chi connectivity index (χ3n) is 3.60. The molecule has 0 aliphatic rings. The highest BCUT2D eigenvalue weighted by molar-refractivity contribution is 9.10. The molecule has 0 radical (unpaired) electrons. The molecule has 0 unspecified atom stereocenters. The van der Waals surface area contributed by atoms with Crippen LogP contribution in [0.5, 0.6) is 0 Å². The van der Waals surface area contributed by atoms with Crippen molar-refractivity contribution in [2.75, 3.05) is 13.2 Å². The van der Waals surface area contributed by atoms with Gasteiger partial charge in [0.05, 0.1) is 13.2 Å². The van der Waals surface area contributed by atoms with E-state index in [1.807, 2.05) is 6.07 Å². The number of halogens is 3. The fourth-order valence-corrected chi connectivity index (χ4v) is 2.71. The van der Waals surface area contributed by atoms with Gasteiger partial charge in [-0.05, 0) is 35.7 Å². The maximum absolute atomic E-state index is 13.9. The molecule has 21 heavy (non-hydrogen) atoms. The summed E-state index contributed by atoms with van der Waals surface area (Å²) in [6.07, 6.45) is 0.0000463. The van der Waals surface area contributed by atoms with Crippen molar-refractivity contribution in [2.24, 2.45) is 0 Å². The van der Waals surface area contributed by atoms with Gasteiger partial charge in [-0.25, -0.2) is 8.78 Å². The molecule has 0 saturated carbocycles. The van der Waals surface area contributed by atoms with E-state index in [9.17, 15) is 19.0 Å². The van der Waals surface area contributed by atoms with Gasteiger partial charge in [0.2, 0.25) is 0 Å². The van der Waals surface area contributed by atoms with Crippen molar-refractivity contribution in [3.05, 3.63) is 69.7 Å². The van der Waals surface area contributed by atoms with Crippen molar-refractivity contribution < 1.29 is 19.0 Å². The SMILES string of the molecule is OCC(CO)(Cc1cccc(F)c1F)c1cccc(Br)c1. The van der Waals surface area contributed by atoms with Crippen LogP contribution in [-0.2, 0) is 11.8 Å². The summed E-state index contributed by atoms with van der Waals surface area (Å²) in [4.78, 5) is 0. The van der Waals surface area contributed by atoms with Gasteiger partial charge in [0.15, 0.2) is 11.6 Å². The van der Waals surface area contributed by atoms with E-state index in [-0.39, 0.29) is 25.2 Å². The minimum absolute atomic E-state index is 0.0000463. The van der Waals surface area contributed by atoms with Crippen molar-refractivity contribution in [3.63, 3.8) is 0 Å². The lowest BCUT2D eigenvalue weighted by Crippen LogP contribution is -2.37. The first kappa shape index (κ1) is 16.1. The maximum Gasteiger partial charge on any atom is 0.162 e. The van der Waals surface area contributed by atoms with Gasteiger partial charge in [0.25, 0.3) is 0 Å². The molecule has 2 aromatic rings. The molecular formula is C16H15BrF2O2. The van der Waals surface area contributed by atoms with Gasteiger partial charge in [-0.1, -0.05) is 40.2 Å². The minimum Gasteiger partial charge on any atom is -0.395 e. The Morgan fingerprint density at radius 1 is 1.00 bits per heavy atom. The van der Waals surface area contributed by atoms with Crippen LogP contribution in [-0.4, -0.2) is 23.4 Å². The molecule has 112 valence electrons. The molecule has 0 aliphatic heterocycles. The first-order valence-corrected chi connectivity index (χ1v) is 7.22. The Labute approximate surface area is 130 Å². The second-order valence-electron chi connectivity index (χ2n) is 5.00. The smallest absolute Gasteiger partial charge is 0.162 e. The largest absolute Gasteiger partial charge is 0.395 e. The summed E-state index contributed by atoms with van der Waals surface area (Å²) in [5, 5.41) is 19.5. The Bertz CT molecular complexity index is 627. The molecule has 2 rings (SSSR count). The van der Waals surface area contributed by atoms with Crippen molar-refractivity contribution in [1.82, 2.24) is 0 Å². The summed E-state index contributed by atoms with van der Waals surface area (Å²) < 4.78 is 28.0. The van der Waals surface area contributed by atoms with E-state index >= 15 is 0 Å². The monoisotopic (exact) mass is 356 g/mol. The Balaban J connectivity index is 2.45. The van der Waals surface area contributed by atoms with Crippen molar-refractivity contribution in [3.8, 4) is 0 Å². The fraction of sp³-hybridized carbons (Fsp3) is 0.250. The van der Waals surface area contributed by atoms with Crippen LogP contribution in [0.25, 0.3) is 0 Å². The zero-order chi connectivity index (χ0) is 15.5. The summed E-state index contributed by atoms with van der Waals surface area (Å²) >= 11 is 3.33. The molecule has 2 N–H and O–H groups in total. The van der Waals surface area contributed by atoms with E-state index in [4.69, 9.17) is 0 Å². The van der Waals surface area contributed by atoms with Crippen LogP contribution in [0.2, 0.25) is 0 Å². The van der Waals surface area contributed by atoms with E-state index in [1.54, 1.807) is 18.2 Å². The number of aliphatic hydroxyl groups is 2. The quantitative estimate of drug-likeness (QED) is 0.863. The molecule has 0 heterocycles. The van der Waals surface area contributed by atoms with Crippen LogP contribution in [0.15, 0.2) is 46.9 Å². The molecule has 0 aromatic heterocycles. The Kier molecular flexibility index (Phi) is 5.08. The van der Waals surface area contributed by atoms with Crippen LogP contribution in [0.4, 0.5) is 8.78 Å². The lowest BCUT2D eigenvalue weighted by Gasteiger charge is -2.31. The Morgan fingerprint density at radius 3 is 2.29 bits per heavy atom. The summed E-state index contributed by atoms with van der Waals surface area (Å²) in [6, 6.07) is 11.0. The molecular weight excluding hydrogens is 342 g/mol. The average Bonchev–Trinajstić information content (AvgIpc) is 2.49. The molecule has 0 aliphatic carbocycles. The average molecular weight is 357 g/mol. The van der Waals surface area contributed by atoms with Crippen molar-refractivity contribution in [2.45, 2.75) is 11.8 Å². The second kappa shape index (κ2) is 6.64. The predicted molar refractivity (Wildman–Crippen MR) is 80.1 cm³/mol. The molecule has 0 atom stereocenters. The topological polar surface area (TPSA) is 40.5 Å². The maximum atomic E-state index is 13.9. The normalized spacial score (nSPS) is 11.7. The van der Waals surface area contributed by atoms with Gasteiger partial charge < -0.3 is 10.2 Å². The van der Waals surface area contributed by atoms with E-state index in [1.165, 1.54) is 12.1 Å². The van der Waals surface area contributed by atoms with E-state index in [0.29, 0.717) is 5.56 Å². The van der Waals surface area contributed by atoms with Gasteiger partial charge in [0, 0.05) is 9.89 Å². The molecule has 0 fully saturated rings. The van der Waals surface area contributed by atoms with Gasteiger partial charge in [-0.15, -0.1) is 0 Å². The first-order chi connectivity index (χ1) is 10.0. The van der Waals surface area contributed by atoms with Crippen LogP contribution in [0.1, 0.15) is 11.1 Å². The Morgan fingerprint density at radius 2 is 1.67 bits per heavy atom. The van der Waals surface area contributed by atoms with E-state index in [2.05, 4.69) is 15.9 Å². The van der Waals surface area contributed by atoms with Gasteiger partial charge in [-0.3, -0.25) is 0 Å². The summed E-state index contributed by atoms with van der Waals surface area (Å²) in [5.41, 5.74) is -0.290. The fourth-order valence-electron chi connectivity index (χ4n) is 2.31.